The lowest BCUT2D eigenvalue weighted by atomic mass is 10.3. The van der Waals surface area contributed by atoms with Crippen molar-refractivity contribution < 1.29 is 9.47 Å². The van der Waals surface area contributed by atoms with Gasteiger partial charge in [0.2, 0.25) is 0 Å². The van der Waals surface area contributed by atoms with E-state index in [0.717, 1.165) is 32.3 Å². The number of hydrogen-bond acceptors (Lipinski definition) is 5. The van der Waals surface area contributed by atoms with E-state index in [-0.39, 0.29) is 0 Å². The molecule has 88 valence electrons. The van der Waals surface area contributed by atoms with Crippen molar-refractivity contribution >= 4 is 5.95 Å². The standard InChI is InChI=1S/C10H17N4O2/c1-8-11-9(13-10(12-8)15-3)14(2)4-6-16-7-5-14/h4-7H2,1-3H3/q+1. The second-order valence-electron chi connectivity index (χ2n) is 4.12. The molecule has 2 rings (SSSR count). The van der Waals surface area contributed by atoms with Crippen molar-refractivity contribution in [2.24, 2.45) is 0 Å². The highest BCUT2D eigenvalue weighted by Gasteiger charge is 2.32. The quantitative estimate of drug-likeness (QED) is 0.671. The molecule has 1 aliphatic rings. The Labute approximate surface area is 94.8 Å². The summed E-state index contributed by atoms with van der Waals surface area (Å²) < 4.78 is 11.1. The van der Waals surface area contributed by atoms with Crippen molar-refractivity contribution in [1.29, 1.82) is 0 Å². The molecule has 2 heterocycles. The number of methoxy groups -OCH3 is 1. The minimum atomic E-state index is 0.383. The fraction of sp³-hybridized carbons (Fsp3) is 0.700. The van der Waals surface area contributed by atoms with Crippen molar-refractivity contribution in [2.75, 3.05) is 40.5 Å². The van der Waals surface area contributed by atoms with E-state index < -0.39 is 0 Å². The summed E-state index contributed by atoms with van der Waals surface area (Å²) in [4.78, 5) is 12.8. The van der Waals surface area contributed by atoms with Crippen molar-refractivity contribution in [3.05, 3.63) is 5.82 Å². The second-order valence-corrected chi connectivity index (χ2v) is 4.12. The minimum Gasteiger partial charge on any atom is -0.467 e. The number of hydrogen-bond donors (Lipinski definition) is 0. The van der Waals surface area contributed by atoms with Crippen LogP contribution in [0.4, 0.5) is 5.95 Å². The van der Waals surface area contributed by atoms with Crippen LogP contribution < -0.4 is 9.22 Å². The lowest BCUT2D eigenvalue weighted by Crippen LogP contribution is -2.54. The van der Waals surface area contributed by atoms with Crippen LogP contribution in [-0.2, 0) is 4.74 Å². The van der Waals surface area contributed by atoms with Crippen LogP contribution in [0.5, 0.6) is 6.01 Å². The summed E-state index contributed by atoms with van der Waals surface area (Å²) >= 11 is 0. The van der Waals surface area contributed by atoms with Crippen LogP contribution in [0.25, 0.3) is 0 Å². The van der Waals surface area contributed by atoms with Crippen LogP contribution in [0, 0.1) is 6.92 Å². The van der Waals surface area contributed by atoms with Gasteiger partial charge in [-0.2, -0.15) is 9.97 Å². The fourth-order valence-electron chi connectivity index (χ4n) is 1.72. The van der Waals surface area contributed by atoms with Crippen molar-refractivity contribution in [3.63, 3.8) is 0 Å². The molecule has 0 saturated carbocycles. The number of ether oxygens (including phenoxy) is 2. The van der Waals surface area contributed by atoms with E-state index in [1.807, 2.05) is 6.92 Å². The Morgan fingerprint density at radius 2 is 1.88 bits per heavy atom. The zero-order chi connectivity index (χ0) is 11.6. The molecule has 0 aliphatic carbocycles. The van der Waals surface area contributed by atoms with Gasteiger partial charge in [0.1, 0.15) is 18.9 Å². The molecule has 6 heteroatoms. The van der Waals surface area contributed by atoms with Crippen molar-refractivity contribution in [3.8, 4) is 6.01 Å². The summed E-state index contributed by atoms with van der Waals surface area (Å²) in [6.07, 6.45) is 0. The molecular formula is C10H17N4O2+. The summed E-state index contributed by atoms with van der Waals surface area (Å²) in [5.41, 5.74) is 0. The maximum Gasteiger partial charge on any atom is 0.335 e. The Balaban J connectivity index is 2.34. The Bertz CT molecular complexity index is 377. The van der Waals surface area contributed by atoms with Crippen molar-refractivity contribution in [2.45, 2.75) is 6.92 Å². The first-order valence-corrected chi connectivity index (χ1v) is 5.33. The smallest absolute Gasteiger partial charge is 0.335 e. The van der Waals surface area contributed by atoms with E-state index in [2.05, 4.69) is 22.0 Å². The Morgan fingerprint density at radius 1 is 1.19 bits per heavy atom. The first-order valence-electron chi connectivity index (χ1n) is 5.33. The van der Waals surface area contributed by atoms with Gasteiger partial charge in [0.25, 0.3) is 0 Å². The molecule has 1 saturated heterocycles. The molecule has 0 aromatic carbocycles. The predicted molar refractivity (Wildman–Crippen MR) is 59.4 cm³/mol. The Hall–Kier alpha value is -1.27. The van der Waals surface area contributed by atoms with E-state index in [9.17, 15) is 0 Å². The molecule has 1 aromatic rings. The number of nitrogens with zero attached hydrogens (tertiary/aromatic N) is 4. The topological polar surface area (TPSA) is 57.1 Å². The summed E-state index contributed by atoms with van der Waals surface area (Å²) in [6.45, 7) is 5.09. The van der Waals surface area contributed by atoms with Gasteiger partial charge in [-0.1, -0.05) is 0 Å². The van der Waals surface area contributed by atoms with Gasteiger partial charge < -0.3 is 9.47 Å². The summed E-state index contributed by atoms with van der Waals surface area (Å²) in [5.74, 6) is 1.44. The average molecular weight is 225 g/mol. The van der Waals surface area contributed by atoms with E-state index >= 15 is 0 Å². The third kappa shape index (κ3) is 2.12. The molecule has 1 aliphatic heterocycles. The third-order valence-corrected chi connectivity index (χ3v) is 2.84. The van der Waals surface area contributed by atoms with Crippen molar-refractivity contribution in [1.82, 2.24) is 19.4 Å². The minimum absolute atomic E-state index is 0.383. The van der Waals surface area contributed by atoms with Gasteiger partial charge in [-0.3, -0.25) is 4.48 Å². The molecule has 0 radical (unpaired) electrons. The molecule has 0 unspecified atom stereocenters. The first kappa shape index (κ1) is 11.2. The van der Waals surface area contributed by atoms with Gasteiger partial charge in [-0.25, -0.2) is 0 Å². The van der Waals surface area contributed by atoms with Gasteiger partial charge in [-0.15, -0.1) is 4.98 Å². The number of rotatable bonds is 2. The predicted octanol–water partition coefficient (Wildman–Crippen LogP) is 0.156. The molecule has 1 fully saturated rings. The highest BCUT2D eigenvalue weighted by Crippen LogP contribution is 2.19. The zero-order valence-electron chi connectivity index (χ0n) is 9.93. The van der Waals surface area contributed by atoms with Gasteiger partial charge in [0, 0.05) is 0 Å². The molecule has 0 amide bonds. The Kier molecular flexibility index (Phi) is 3.02. The van der Waals surface area contributed by atoms with Gasteiger partial charge >= 0.3 is 12.0 Å². The fourth-order valence-corrected chi connectivity index (χ4v) is 1.72. The lowest BCUT2D eigenvalue weighted by Gasteiger charge is -2.34. The summed E-state index contributed by atoms with van der Waals surface area (Å²) in [7, 11) is 3.68. The van der Waals surface area contributed by atoms with Crippen LogP contribution >= 0.6 is 0 Å². The SMILES string of the molecule is COc1nc(C)nc([N+]2(C)CCOCC2)n1. The second kappa shape index (κ2) is 4.31. The number of quaternary nitrogens is 1. The first-order chi connectivity index (χ1) is 7.64. The Morgan fingerprint density at radius 3 is 2.50 bits per heavy atom. The van der Waals surface area contributed by atoms with E-state index in [0.29, 0.717) is 16.3 Å². The van der Waals surface area contributed by atoms with Crippen LogP contribution in [0.15, 0.2) is 0 Å². The number of morpholine rings is 1. The molecule has 1 aromatic heterocycles. The lowest BCUT2D eigenvalue weighted by molar-refractivity contribution is 0.0492. The molecule has 0 N–H and O–H groups in total. The van der Waals surface area contributed by atoms with Crippen LogP contribution in [-0.4, -0.2) is 55.4 Å². The number of likely N-dealkylation sites (N-methyl/N-ethyl adjacent to an activating group) is 1. The number of aryl methyl sites for hydroxylation is 1. The zero-order valence-corrected chi connectivity index (χ0v) is 9.93. The van der Waals surface area contributed by atoms with Crippen LogP contribution in [0.3, 0.4) is 0 Å². The third-order valence-electron chi connectivity index (χ3n) is 2.84. The molecular weight excluding hydrogens is 208 g/mol. The highest BCUT2D eigenvalue weighted by atomic mass is 16.5. The van der Waals surface area contributed by atoms with Gasteiger partial charge in [-0.05, 0) is 6.92 Å². The molecule has 0 atom stereocenters. The maximum atomic E-state index is 5.36. The van der Waals surface area contributed by atoms with Crippen LogP contribution in [0.2, 0.25) is 0 Å². The molecule has 0 spiro atoms. The van der Waals surface area contributed by atoms with E-state index in [1.54, 1.807) is 7.11 Å². The molecule has 6 nitrogen and oxygen atoms in total. The molecule has 16 heavy (non-hydrogen) atoms. The monoisotopic (exact) mass is 225 g/mol. The summed E-state index contributed by atoms with van der Waals surface area (Å²) in [6, 6.07) is 0.383. The largest absolute Gasteiger partial charge is 0.467 e. The highest BCUT2D eigenvalue weighted by molar-refractivity contribution is 5.26. The maximum absolute atomic E-state index is 5.36. The van der Waals surface area contributed by atoms with E-state index in [4.69, 9.17) is 9.47 Å². The summed E-state index contributed by atoms with van der Waals surface area (Å²) in [5, 5.41) is 0. The van der Waals surface area contributed by atoms with Crippen LogP contribution in [0.1, 0.15) is 5.82 Å². The average Bonchev–Trinajstić information content (AvgIpc) is 2.29. The number of aromatic nitrogens is 3. The van der Waals surface area contributed by atoms with E-state index in [1.165, 1.54) is 0 Å². The molecule has 0 bridgehead atoms. The van der Waals surface area contributed by atoms with Gasteiger partial charge in [0.05, 0.1) is 27.4 Å². The van der Waals surface area contributed by atoms with Gasteiger partial charge in [0.15, 0.2) is 0 Å². The normalized spacial score (nSPS) is 19.4.